The molecule has 1 amide bonds. The number of nitrogens with zero attached hydrogens (tertiary/aromatic N) is 5. The van der Waals surface area contributed by atoms with E-state index in [1.807, 2.05) is 23.2 Å². The first-order chi connectivity index (χ1) is 11.2. The van der Waals surface area contributed by atoms with Gasteiger partial charge in [-0.3, -0.25) is 9.69 Å². The summed E-state index contributed by atoms with van der Waals surface area (Å²) < 4.78 is 0. The van der Waals surface area contributed by atoms with E-state index in [4.69, 9.17) is 0 Å². The third-order valence-corrected chi connectivity index (χ3v) is 4.84. The van der Waals surface area contributed by atoms with Crippen LogP contribution in [0.4, 0.5) is 5.82 Å². The Balaban J connectivity index is 1.38. The topological polar surface area (TPSA) is 42.9 Å². The van der Waals surface area contributed by atoms with Gasteiger partial charge in [-0.2, -0.15) is 0 Å². The summed E-state index contributed by atoms with van der Waals surface area (Å²) in [6, 6.07) is 6.04. The monoisotopic (exact) mass is 317 g/mol. The van der Waals surface area contributed by atoms with Gasteiger partial charge in [0.2, 0.25) is 5.91 Å². The molecule has 2 fully saturated rings. The smallest absolute Gasteiger partial charge is 0.223 e. The van der Waals surface area contributed by atoms with E-state index < -0.39 is 0 Å². The van der Waals surface area contributed by atoms with Crippen LogP contribution in [-0.4, -0.2) is 91.5 Å². The maximum Gasteiger partial charge on any atom is 0.223 e. The fraction of sp³-hybridized carbons (Fsp3) is 0.647. The van der Waals surface area contributed by atoms with E-state index in [-0.39, 0.29) is 0 Å². The Labute approximate surface area is 138 Å². The van der Waals surface area contributed by atoms with Gasteiger partial charge in [0.15, 0.2) is 0 Å². The van der Waals surface area contributed by atoms with E-state index in [2.05, 4.69) is 32.8 Å². The number of carbonyl (C=O) groups is 1. The number of pyridine rings is 1. The minimum atomic E-state index is 0.310. The van der Waals surface area contributed by atoms with Gasteiger partial charge >= 0.3 is 0 Å². The van der Waals surface area contributed by atoms with Gasteiger partial charge in [0, 0.05) is 71.5 Å². The second-order valence-electron chi connectivity index (χ2n) is 6.45. The lowest BCUT2D eigenvalue weighted by molar-refractivity contribution is -0.133. The maximum absolute atomic E-state index is 12.3. The Kier molecular flexibility index (Phi) is 5.46. The highest BCUT2D eigenvalue weighted by Crippen LogP contribution is 2.13. The molecule has 126 valence electrons. The van der Waals surface area contributed by atoms with E-state index in [0.29, 0.717) is 12.3 Å². The predicted molar refractivity (Wildman–Crippen MR) is 91.6 cm³/mol. The third kappa shape index (κ3) is 4.42. The Bertz CT molecular complexity index is 493. The molecule has 6 heteroatoms. The SMILES string of the molecule is CN1CCN(C(=O)CCN2CCN(c3ccccn3)CC2)CC1. The molecule has 0 aromatic carbocycles. The summed E-state index contributed by atoms with van der Waals surface area (Å²) in [5.41, 5.74) is 0. The van der Waals surface area contributed by atoms with Crippen molar-refractivity contribution < 1.29 is 4.79 Å². The van der Waals surface area contributed by atoms with Crippen LogP contribution in [0.15, 0.2) is 24.4 Å². The van der Waals surface area contributed by atoms with Crippen LogP contribution in [0, 0.1) is 0 Å². The van der Waals surface area contributed by atoms with Gasteiger partial charge < -0.3 is 14.7 Å². The first-order valence-corrected chi connectivity index (χ1v) is 8.57. The minimum Gasteiger partial charge on any atom is -0.354 e. The summed E-state index contributed by atoms with van der Waals surface area (Å²) in [5.74, 6) is 1.37. The highest BCUT2D eigenvalue weighted by molar-refractivity contribution is 5.76. The molecule has 1 aromatic heterocycles. The van der Waals surface area contributed by atoms with E-state index in [9.17, 15) is 4.79 Å². The van der Waals surface area contributed by atoms with Crippen LogP contribution in [0.1, 0.15) is 6.42 Å². The zero-order valence-electron chi connectivity index (χ0n) is 14.0. The van der Waals surface area contributed by atoms with Gasteiger partial charge in [-0.15, -0.1) is 0 Å². The summed E-state index contributed by atoms with van der Waals surface area (Å²) in [4.78, 5) is 25.7. The molecule has 0 atom stereocenters. The van der Waals surface area contributed by atoms with Crippen LogP contribution in [0.3, 0.4) is 0 Å². The second kappa shape index (κ2) is 7.75. The third-order valence-electron chi connectivity index (χ3n) is 4.84. The molecular formula is C17H27N5O. The summed E-state index contributed by atoms with van der Waals surface area (Å²) in [6.45, 7) is 8.61. The van der Waals surface area contributed by atoms with Crippen LogP contribution in [0.5, 0.6) is 0 Å². The molecule has 2 aliphatic heterocycles. The van der Waals surface area contributed by atoms with Gasteiger partial charge in [-0.1, -0.05) is 6.07 Å². The zero-order valence-corrected chi connectivity index (χ0v) is 14.0. The number of carbonyl (C=O) groups excluding carboxylic acids is 1. The summed E-state index contributed by atoms with van der Waals surface area (Å²) >= 11 is 0. The number of piperazine rings is 2. The van der Waals surface area contributed by atoms with E-state index in [1.165, 1.54) is 0 Å². The second-order valence-corrected chi connectivity index (χ2v) is 6.45. The normalized spacial score (nSPS) is 20.7. The Hall–Kier alpha value is -1.66. The summed E-state index contributed by atoms with van der Waals surface area (Å²) in [7, 11) is 2.11. The van der Waals surface area contributed by atoms with Gasteiger partial charge in [-0.05, 0) is 19.2 Å². The number of anilines is 1. The van der Waals surface area contributed by atoms with Crippen molar-refractivity contribution >= 4 is 11.7 Å². The first-order valence-electron chi connectivity index (χ1n) is 8.57. The molecular weight excluding hydrogens is 290 g/mol. The Morgan fingerprint density at radius 2 is 1.78 bits per heavy atom. The number of hydrogen-bond acceptors (Lipinski definition) is 5. The fourth-order valence-electron chi connectivity index (χ4n) is 3.21. The van der Waals surface area contributed by atoms with E-state index in [0.717, 1.165) is 64.7 Å². The Morgan fingerprint density at radius 1 is 1.04 bits per heavy atom. The lowest BCUT2D eigenvalue weighted by atomic mass is 10.2. The molecule has 0 bridgehead atoms. The van der Waals surface area contributed by atoms with E-state index in [1.54, 1.807) is 0 Å². The van der Waals surface area contributed by atoms with Crippen LogP contribution < -0.4 is 4.90 Å². The van der Waals surface area contributed by atoms with E-state index >= 15 is 0 Å². The van der Waals surface area contributed by atoms with Crippen molar-refractivity contribution in [1.29, 1.82) is 0 Å². The quantitative estimate of drug-likeness (QED) is 0.803. The van der Waals surface area contributed by atoms with Crippen LogP contribution in [0.25, 0.3) is 0 Å². The van der Waals surface area contributed by atoms with Crippen molar-refractivity contribution in [2.45, 2.75) is 6.42 Å². The number of likely N-dealkylation sites (N-methyl/N-ethyl adjacent to an activating group) is 1. The molecule has 1 aromatic rings. The van der Waals surface area contributed by atoms with Crippen molar-refractivity contribution in [2.75, 3.05) is 70.9 Å². The molecule has 3 heterocycles. The molecule has 3 rings (SSSR count). The molecule has 0 N–H and O–H groups in total. The summed E-state index contributed by atoms with van der Waals surface area (Å²) in [5, 5.41) is 0. The van der Waals surface area contributed by atoms with Gasteiger partial charge in [-0.25, -0.2) is 4.98 Å². The van der Waals surface area contributed by atoms with Crippen LogP contribution >= 0.6 is 0 Å². The van der Waals surface area contributed by atoms with Crippen LogP contribution in [0.2, 0.25) is 0 Å². The highest BCUT2D eigenvalue weighted by atomic mass is 16.2. The lowest BCUT2D eigenvalue weighted by Crippen LogP contribution is -2.49. The van der Waals surface area contributed by atoms with Gasteiger partial charge in [0.05, 0.1) is 0 Å². The molecule has 0 saturated carbocycles. The number of hydrogen-bond donors (Lipinski definition) is 0. The van der Waals surface area contributed by atoms with Gasteiger partial charge in [0.1, 0.15) is 5.82 Å². The molecule has 0 radical (unpaired) electrons. The average molecular weight is 317 g/mol. The summed E-state index contributed by atoms with van der Waals surface area (Å²) in [6.07, 6.45) is 2.49. The van der Waals surface area contributed by atoms with Crippen molar-refractivity contribution in [3.63, 3.8) is 0 Å². The fourth-order valence-corrected chi connectivity index (χ4v) is 3.21. The number of amides is 1. The molecule has 6 nitrogen and oxygen atoms in total. The van der Waals surface area contributed by atoms with Crippen molar-refractivity contribution in [3.8, 4) is 0 Å². The van der Waals surface area contributed by atoms with Crippen molar-refractivity contribution in [1.82, 2.24) is 19.7 Å². The largest absolute Gasteiger partial charge is 0.354 e. The standard InChI is InChI=1S/C17H27N5O/c1-19-8-12-22(13-9-19)17(23)5-7-20-10-14-21(15-11-20)16-4-2-3-6-18-16/h2-4,6H,5,7-15H2,1H3. The predicted octanol–water partition coefficient (Wildman–Crippen LogP) is 0.368. The maximum atomic E-state index is 12.3. The number of aromatic nitrogens is 1. The minimum absolute atomic E-state index is 0.310. The van der Waals surface area contributed by atoms with Crippen LogP contribution in [-0.2, 0) is 4.79 Å². The molecule has 23 heavy (non-hydrogen) atoms. The van der Waals surface area contributed by atoms with Crippen molar-refractivity contribution in [3.05, 3.63) is 24.4 Å². The molecule has 0 spiro atoms. The first kappa shape index (κ1) is 16.2. The lowest BCUT2D eigenvalue weighted by Gasteiger charge is -2.36. The molecule has 0 aliphatic carbocycles. The molecule has 2 saturated heterocycles. The molecule has 2 aliphatic rings. The zero-order chi connectivity index (χ0) is 16.1. The average Bonchev–Trinajstić information content (AvgIpc) is 2.61. The highest BCUT2D eigenvalue weighted by Gasteiger charge is 2.21. The van der Waals surface area contributed by atoms with Crippen molar-refractivity contribution in [2.24, 2.45) is 0 Å². The van der Waals surface area contributed by atoms with Gasteiger partial charge in [0.25, 0.3) is 0 Å². The number of rotatable bonds is 4. The molecule has 0 unspecified atom stereocenters. The Morgan fingerprint density at radius 3 is 2.43 bits per heavy atom.